The van der Waals surface area contributed by atoms with Crippen LogP contribution in [0.2, 0.25) is 0 Å². The quantitative estimate of drug-likeness (QED) is 0.224. The van der Waals surface area contributed by atoms with Gasteiger partial charge in [0.2, 0.25) is 0 Å². The third-order valence-corrected chi connectivity index (χ3v) is 9.39. The minimum atomic E-state index is -0.211. The number of rotatable bonds is 3. The Bertz CT molecular complexity index is 2040. The van der Waals surface area contributed by atoms with Gasteiger partial charge in [-0.3, -0.25) is 9.97 Å². The Morgan fingerprint density at radius 3 is 2.02 bits per heavy atom. The van der Waals surface area contributed by atoms with Gasteiger partial charge in [-0.05, 0) is 87.0 Å². The lowest BCUT2D eigenvalue weighted by molar-refractivity contribution is 0.660. The number of nitrogens with zero attached hydrogens (tertiary/aromatic N) is 3. The molecule has 0 saturated carbocycles. The van der Waals surface area contributed by atoms with Gasteiger partial charge in [0.25, 0.3) is 0 Å². The summed E-state index contributed by atoms with van der Waals surface area (Å²) in [6.07, 6.45) is 3.74. The van der Waals surface area contributed by atoms with Crippen molar-refractivity contribution in [2.45, 2.75) is 38.5 Å². The zero-order valence-electron chi connectivity index (χ0n) is 24.3. The van der Waals surface area contributed by atoms with Crippen molar-refractivity contribution in [1.82, 2.24) is 15.0 Å². The van der Waals surface area contributed by atoms with Crippen LogP contribution in [-0.4, -0.2) is 15.0 Å². The second-order valence-corrected chi connectivity index (χ2v) is 12.5. The van der Waals surface area contributed by atoms with Gasteiger partial charge in [0.15, 0.2) is 0 Å². The Balaban J connectivity index is 1.24. The van der Waals surface area contributed by atoms with Crippen LogP contribution in [0.3, 0.4) is 0 Å². The molecule has 0 atom stereocenters. The minimum absolute atomic E-state index is 0.0273. The van der Waals surface area contributed by atoms with Crippen molar-refractivity contribution in [1.29, 1.82) is 0 Å². The fraction of sp³-hybridized carbons (Fsp3) is 0.154. The molecule has 0 bridgehead atoms. The largest absolute Gasteiger partial charge is 0.256 e. The molecule has 0 radical (unpaired) electrons. The summed E-state index contributed by atoms with van der Waals surface area (Å²) in [6.45, 7) is 9.29. The fourth-order valence-corrected chi connectivity index (χ4v) is 7.24. The van der Waals surface area contributed by atoms with E-state index in [2.05, 4.69) is 112 Å². The highest BCUT2D eigenvalue weighted by Gasteiger charge is 2.39. The molecule has 0 amide bonds. The van der Waals surface area contributed by atoms with Gasteiger partial charge in [-0.15, -0.1) is 0 Å². The first-order valence-electron chi connectivity index (χ1n) is 14.6. The lowest BCUT2D eigenvalue weighted by Gasteiger charge is -2.24. The summed E-state index contributed by atoms with van der Waals surface area (Å²) in [4.78, 5) is 14.5. The van der Waals surface area contributed by atoms with Crippen molar-refractivity contribution < 1.29 is 0 Å². The van der Waals surface area contributed by atoms with Crippen molar-refractivity contribution in [3.63, 3.8) is 0 Å². The first-order chi connectivity index (χ1) is 20.3. The van der Waals surface area contributed by atoms with Crippen LogP contribution in [0, 0.1) is 0 Å². The lowest BCUT2D eigenvalue weighted by Crippen LogP contribution is -2.16. The maximum Gasteiger partial charge on any atom is 0.0893 e. The van der Waals surface area contributed by atoms with Crippen LogP contribution >= 0.6 is 0 Å². The van der Waals surface area contributed by atoms with E-state index in [4.69, 9.17) is 9.97 Å². The number of hydrogen-bond acceptors (Lipinski definition) is 3. The Morgan fingerprint density at radius 2 is 1.17 bits per heavy atom. The van der Waals surface area contributed by atoms with Crippen molar-refractivity contribution in [3.05, 3.63) is 138 Å². The van der Waals surface area contributed by atoms with E-state index in [1.165, 1.54) is 50.1 Å². The van der Waals surface area contributed by atoms with E-state index in [0.717, 1.165) is 28.3 Å². The number of benzene rings is 3. The Hall–Kier alpha value is -4.89. The van der Waals surface area contributed by atoms with Crippen molar-refractivity contribution in [2.75, 3.05) is 0 Å². The number of hydrogen-bond donors (Lipinski definition) is 0. The van der Waals surface area contributed by atoms with E-state index in [0.29, 0.717) is 0 Å². The molecule has 42 heavy (non-hydrogen) atoms. The predicted molar refractivity (Wildman–Crippen MR) is 171 cm³/mol. The average Bonchev–Trinajstić information content (AvgIpc) is 3.41. The standard InChI is InChI=1S/C39H31N3/c1-38(2)30-11-6-5-10-26(30)27-17-15-25(23-32(27)38)24-16-18-31-29(22-24)37-36(39(31,3)4)28(19-21-41-37)33-13-9-14-35(42-33)34-12-7-8-20-40-34/h5-23H,1-4H3. The second kappa shape index (κ2) is 8.80. The molecule has 0 unspecified atom stereocenters. The molecule has 3 heterocycles. The molecule has 6 aromatic rings. The molecule has 2 aliphatic rings. The smallest absolute Gasteiger partial charge is 0.0893 e. The molecule has 0 aliphatic heterocycles. The third-order valence-electron chi connectivity index (χ3n) is 9.39. The van der Waals surface area contributed by atoms with Gasteiger partial charge >= 0.3 is 0 Å². The summed E-state index contributed by atoms with van der Waals surface area (Å²) in [5, 5.41) is 0. The van der Waals surface area contributed by atoms with Gasteiger partial charge in [0.1, 0.15) is 0 Å². The van der Waals surface area contributed by atoms with E-state index >= 15 is 0 Å². The summed E-state index contributed by atoms with van der Waals surface area (Å²) in [7, 11) is 0. The van der Waals surface area contributed by atoms with Gasteiger partial charge in [0, 0.05) is 34.4 Å². The normalized spacial score (nSPS) is 15.0. The summed E-state index contributed by atoms with van der Waals surface area (Å²) in [5.74, 6) is 0. The fourth-order valence-electron chi connectivity index (χ4n) is 7.24. The number of fused-ring (bicyclic) bond motifs is 6. The van der Waals surface area contributed by atoms with Gasteiger partial charge in [-0.1, -0.05) is 88.4 Å². The molecule has 8 rings (SSSR count). The molecular weight excluding hydrogens is 510 g/mol. The summed E-state index contributed by atoms with van der Waals surface area (Å²) in [6, 6.07) is 37.0. The highest BCUT2D eigenvalue weighted by Crippen LogP contribution is 2.53. The zero-order chi connectivity index (χ0) is 28.6. The maximum atomic E-state index is 5.06. The van der Waals surface area contributed by atoms with Crippen LogP contribution in [0.25, 0.3) is 56.2 Å². The first kappa shape index (κ1) is 24.9. The number of aromatic nitrogens is 3. The summed E-state index contributed by atoms with van der Waals surface area (Å²) in [5.41, 5.74) is 16.3. The molecule has 2 aliphatic carbocycles. The SMILES string of the molecule is CC1(C)c2ccccc2-c2ccc(-c3ccc4c(c3)-c3nccc(-c5cccc(-c6ccccn6)n5)c3C4(C)C)cc21. The van der Waals surface area contributed by atoms with Gasteiger partial charge in [-0.2, -0.15) is 0 Å². The van der Waals surface area contributed by atoms with Crippen LogP contribution < -0.4 is 0 Å². The van der Waals surface area contributed by atoms with Crippen LogP contribution in [-0.2, 0) is 10.8 Å². The van der Waals surface area contributed by atoms with Gasteiger partial charge < -0.3 is 0 Å². The third kappa shape index (κ3) is 3.50. The molecule has 3 heteroatoms. The van der Waals surface area contributed by atoms with E-state index in [1.807, 2.05) is 36.7 Å². The molecule has 0 fully saturated rings. The molecule has 3 aromatic heterocycles. The Labute approximate surface area is 247 Å². The molecule has 202 valence electrons. The highest BCUT2D eigenvalue weighted by atomic mass is 14.8. The average molecular weight is 542 g/mol. The van der Waals surface area contributed by atoms with Gasteiger partial charge in [0.05, 0.1) is 22.8 Å². The van der Waals surface area contributed by atoms with Gasteiger partial charge in [-0.25, -0.2) is 4.98 Å². The summed E-state index contributed by atoms with van der Waals surface area (Å²) < 4.78 is 0. The predicted octanol–water partition coefficient (Wildman–Crippen LogP) is 9.49. The van der Waals surface area contributed by atoms with E-state index < -0.39 is 0 Å². The molecule has 0 spiro atoms. The topological polar surface area (TPSA) is 38.7 Å². The maximum absolute atomic E-state index is 5.06. The van der Waals surface area contributed by atoms with Crippen LogP contribution in [0.5, 0.6) is 0 Å². The molecule has 0 saturated heterocycles. The Kier molecular flexibility index (Phi) is 5.21. The molecule has 3 aromatic carbocycles. The van der Waals surface area contributed by atoms with E-state index in [1.54, 1.807) is 0 Å². The Morgan fingerprint density at radius 1 is 0.452 bits per heavy atom. The van der Waals surface area contributed by atoms with Crippen LogP contribution in [0.1, 0.15) is 49.9 Å². The molecule has 3 nitrogen and oxygen atoms in total. The first-order valence-corrected chi connectivity index (χ1v) is 14.6. The minimum Gasteiger partial charge on any atom is -0.256 e. The van der Waals surface area contributed by atoms with Crippen molar-refractivity contribution >= 4 is 0 Å². The van der Waals surface area contributed by atoms with E-state index in [9.17, 15) is 0 Å². The number of pyridine rings is 3. The van der Waals surface area contributed by atoms with Crippen molar-refractivity contribution in [2.24, 2.45) is 0 Å². The summed E-state index contributed by atoms with van der Waals surface area (Å²) >= 11 is 0. The highest BCUT2D eigenvalue weighted by molar-refractivity contribution is 5.89. The zero-order valence-corrected chi connectivity index (χ0v) is 24.3. The van der Waals surface area contributed by atoms with Crippen LogP contribution in [0.15, 0.2) is 116 Å². The monoisotopic (exact) mass is 541 g/mol. The second-order valence-electron chi connectivity index (χ2n) is 12.5. The molecule has 0 N–H and O–H groups in total. The lowest BCUT2D eigenvalue weighted by atomic mass is 9.79. The van der Waals surface area contributed by atoms with Crippen molar-refractivity contribution in [3.8, 4) is 56.2 Å². The van der Waals surface area contributed by atoms with E-state index in [-0.39, 0.29) is 10.8 Å². The van der Waals surface area contributed by atoms with Crippen LogP contribution in [0.4, 0.5) is 0 Å². The molecular formula is C39H31N3.